The third-order valence-corrected chi connectivity index (χ3v) is 8.60. The summed E-state index contributed by atoms with van der Waals surface area (Å²) in [6, 6.07) is 22.6. The molecular formula is C30H32N4O3S. The molecule has 0 saturated heterocycles. The molecule has 7 nitrogen and oxygen atoms in total. The van der Waals surface area contributed by atoms with Crippen molar-refractivity contribution < 1.29 is 13.2 Å². The lowest BCUT2D eigenvalue weighted by atomic mass is 10.1. The number of hydrogen-bond donors (Lipinski definition) is 2. The van der Waals surface area contributed by atoms with Gasteiger partial charge in [-0.3, -0.25) is 4.79 Å². The molecule has 2 N–H and O–H groups in total. The normalized spacial score (nSPS) is 14.8. The van der Waals surface area contributed by atoms with Gasteiger partial charge < -0.3 is 9.88 Å². The first-order valence-corrected chi connectivity index (χ1v) is 14.5. The molecule has 0 bridgehead atoms. The molecule has 4 aromatic rings. The molecule has 1 amide bonds. The van der Waals surface area contributed by atoms with Gasteiger partial charge >= 0.3 is 0 Å². The number of benzene rings is 3. The number of aromatic nitrogens is 2. The minimum atomic E-state index is -3.68. The average Bonchev–Trinajstić information content (AvgIpc) is 3.60. The number of aromatic amines is 1. The van der Waals surface area contributed by atoms with Crippen molar-refractivity contribution in [2.24, 2.45) is 0 Å². The van der Waals surface area contributed by atoms with Gasteiger partial charge in [-0.1, -0.05) is 55.5 Å². The molecule has 3 aromatic carbocycles. The number of sulfonamides is 1. The van der Waals surface area contributed by atoms with Crippen LogP contribution in [0.15, 0.2) is 90.2 Å². The molecule has 38 heavy (non-hydrogen) atoms. The first kappa shape index (κ1) is 25.9. The molecule has 0 radical (unpaired) electrons. The fraction of sp³-hybridized carbons (Fsp3) is 0.267. The summed E-state index contributed by atoms with van der Waals surface area (Å²) < 4.78 is 29.2. The second-order valence-corrected chi connectivity index (χ2v) is 11.3. The van der Waals surface area contributed by atoms with Gasteiger partial charge in [-0.05, 0) is 72.2 Å². The molecule has 1 aromatic heterocycles. The zero-order valence-corrected chi connectivity index (χ0v) is 22.2. The summed E-state index contributed by atoms with van der Waals surface area (Å²) in [7, 11) is -3.68. The minimum Gasteiger partial charge on any atom is -0.347 e. The quantitative estimate of drug-likeness (QED) is 0.299. The third-order valence-electron chi connectivity index (χ3n) is 7.11. The van der Waals surface area contributed by atoms with Gasteiger partial charge in [0.25, 0.3) is 0 Å². The van der Waals surface area contributed by atoms with E-state index in [4.69, 9.17) is 0 Å². The van der Waals surface area contributed by atoms with E-state index in [2.05, 4.69) is 14.7 Å². The Morgan fingerprint density at radius 2 is 1.84 bits per heavy atom. The molecule has 1 atom stereocenters. The third kappa shape index (κ3) is 5.87. The predicted octanol–water partition coefficient (Wildman–Crippen LogP) is 5.10. The summed E-state index contributed by atoms with van der Waals surface area (Å²) in [6.45, 7) is 2.39. The Morgan fingerprint density at radius 3 is 2.55 bits per heavy atom. The van der Waals surface area contributed by atoms with Crippen LogP contribution in [0.3, 0.4) is 0 Å². The van der Waals surface area contributed by atoms with Crippen molar-refractivity contribution in [2.45, 2.75) is 56.5 Å². The van der Waals surface area contributed by atoms with E-state index in [-0.39, 0.29) is 16.8 Å². The number of carbonyl (C=O) groups excluding carboxylic acids is 1. The highest BCUT2D eigenvalue weighted by Crippen LogP contribution is 2.35. The van der Waals surface area contributed by atoms with Gasteiger partial charge in [0.1, 0.15) is 0 Å². The molecular weight excluding hydrogens is 496 g/mol. The Labute approximate surface area is 224 Å². The Balaban J connectivity index is 1.38. The first-order chi connectivity index (χ1) is 18.4. The van der Waals surface area contributed by atoms with Gasteiger partial charge in [-0.25, -0.2) is 18.1 Å². The van der Waals surface area contributed by atoms with Crippen LogP contribution < -0.4 is 9.62 Å². The smallest absolute Gasteiger partial charge is 0.241 e. The lowest BCUT2D eigenvalue weighted by molar-refractivity contribution is -0.118. The lowest BCUT2D eigenvalue weighted by Crippen LogP contribution is -2.31. The number of amides is 1. The fourth-order valence-corrected chi connectivity index (χ4v) is 6.19. The highest BCUT2D eigenvalue weighted by Gasteiger charge is 2.29. The fourth-order valence-electron chi connectivity index (χ4n) is 4.94. The Bertz CT molecular complexity index is 1480. The summed E-state index contributed by atoms with van der Waals surface area (Å²) in [5.74, 6) is -0.00505. The van der Waals surface area contributed by atoms with Crippen LogP contribution in [0.1, 0.15) is 53.8 Å². The number of nitrogens with one attached hydrogen (secondary N) is 2. The van der Waals surface area contributed by atoms with Crippen LogP contribution in [-0.4, -0.2) is 24.3 Å². The topological polar surface area (TPSA) is 95.2 Å². The second kappa shape index (κ2) is 11.3. The molecule has 1 heterocycles. The van der Waals surface area contributed by atoms with Crippen LogP contribution in [-0.2, 0) is 40.6 Å². The zero-order chi connectivity index (χ0) is 26.5. The molecule has 0 aliphatic heterocycles. The number of imidazole rings is 1. The van der Waals surface area contributed by atoms with E-state index in [1.54, 1.807) is 29.6 Å². The van der Waals surface area contributed by atoms with Crippen LogP contribution in [0.5, 0.6) is 0 Å². The van der Waals surface area contributed by atoms with Crippen molar-refractivity contribution in [3.05, 3.63) is 113 Å². The number of fused-ring (bicyclic) bond motifs is 1. The molecule has 0 spiro atoms. The number of rotatable bonds is 10. The monoisotopic (exact) mass is 528 g/mol. The largest absolute Gasteiger partial charge is 0.347 e. The van der Waals surface area contributed by atoms with Crippen molar-refractivity contribution in [3.63, 3.8) is 0 Å². The van der Waals surface area contributed by atoms with Crippen LogP contribution in [0.4, 0.5) is 5.69 Å². The lowest BCUT2D eigenvalue weighted by Gasteiger charge is -2.24. The van der Waals surface area contributed by atoms with Gasteiger partial charge in [-0.15, -0.1) is 0 Å². The zero-order valence-electron chi connectivity index (χ0n) is 21.4. The van der Waals surface area contributed by atoms with Crippen molar-refractivity contribution in [1.82, 2.24) is 14.7 Å². The van der Waals surface area contributed by atoms with Crippen LogP contribution >= 0.6 is 0 Å². The summed E-state index contributed by atoms with van der Waals surface area (Å²) >= 11 is 0. The van der Waals surface area contributed by atoms with Crippen molar-refractivity contribution >= 4 is 21.6 Å². The average molecular weight is 529 g/mol. The highest BCUT2D eigenvalue weighted by atomic mass is 32.2. The van der Waals surface area contributed by atoms with E-state index in [9.17, 15) is 13.2 Å². The number of anilines is 1. The SMILES string of the molecule is CCc1ccc(S(=O)(=O)NC2CCc3ccc(N(Cc4cnc[nH]4)C(=O)CCc4ccccc4)cc32)cc1. The maximum atomic E-state index is 13.5. The summed E-state index contributed by atoms with van der Waals surface area (Å²) in [4.78, 5) is 22.7. The number of hydrogen-bond acceptors (Lipinski definition) is 4. The van der Waals surface area contributed by atoms with E-state index >= 15 is 0 Å². The van der Waals surface area contributed by atoms with E-state index in [1.165, 1.54) is 0 Å². The van der Waals surface area contributed by atoms with Gasteiger partial charge in [0.05, 0.1) is 23.5 Å². The van der Waals surface area contributed by atoms with Crippen molar-refractivity contribution in [2.75, 3.05) is 4.90 Å². The number of carbonyl (C=O) groups is 1. The number of nitrogens with zero attached hydrogens (tertiary/aromatic N) is 2. The number of aryl methyl sites for hydroxylation is 3. The second-order valence-electron chi connectivity index (χ2n) is 9.64. The molecule has 1 unspecified atom stereocenters. The summed E-state index contributed by atoms with van der Waals surface area (Å²) in [6.07, 6.45) is 6.62. The molecule has 196 valence electrons. The maximum Gasteiger partial charge on any atom is 0.241 e. The van der Waals surface area contributed by atoms with E-state index in [0.717, 1.165) is 46.5 Å². The number of H-pyrrole nitrogens is 1. The summed E-state index contributed by atoms with van der Waals surface area (Å²) in [5.41, 5.74) is 5.79. The van der Waals surface area contributed by atoms with Gasteiger partial charge in [0, 0.05) is 24.3 Å². The van der Waals surface area contributed by atoms with Crippen molar-refractivity contribution in [3.8, 4) is 0 Å². The van der Waals surface area contributed by atoms with E-state index in [1.807, 2.05) is 67.6 Å². The molecule has 0 saturated carbocycles. The maximum absolute atomic E-state index is 13.5. The van der Waals surface area contributed by atoms with Crippen molar-refractivity contribution in [1.29, 1.82) is 0 Å². The van der Waals surface area contributed by atoms with Crippen LogP contribution in [0.25, 0.3) is 0 Å². The first-order valence-electron chi connectivity index (χ1n) is 13.0. The van der Waals surface area contributed by atoms with Gasteiger partial charge in [-0.2, -0.15) is 0 Å². The van der Waals surface area contributed by atoms with Gasteiger partial charge in [0.15, 0.2) is 0 Å². The predicted molar refractivity (Wildman–Crippen MR) is 148 cm³/mol. The molecule has 5 rings (SSSR count). The Hall–Kier alpha value is -3.75. The van der Waals surface area contributed by atoms with E-state index in [0.29, 0.717) is 25.8 Å². The van der Waals surface area contributed by atoms with Gasteiger partial charge in [0.2, 0.25) is 15.9 Å². The van der Waals surface area contributed by atoms with E-state index < -0.39 is 10.0 Å². The molecule has 8 heteroatoms. The van der Waals surface area contributed by atoms with Crippen LogP contribution in [0, 0.1) is 0 Å². The standard InChI is InChI=1S/C30H32N4O3S/c1-2-22-8-14-27(15-9-22)38(36,37)33-29-16-12-24-11-13-26(18-28(24)29)34(20-25-19-31-21-32-25)30(35)17-10-23-6-4-3-5-7-23/h3-9,11,13-15,18-19,21,29,33H,2,10,12,16-17,20H2,1H3,(H,31,32). The molecule has 0 fully saturated rings. The minimum absolute atomic E-state index is 0.00505. The summed E-state index contributed by atoms with van der Waals surface area (Å²) in [5, 5.41) is 0. The van der Waals surface area contributed by atoms with Crippen LogP contribution in [0.2, 0.25) is 0 Å². The molecule has 1 aliphatic carbocycles. The Morgan fingerprint density at radius 1 is 1.05 bits per heavy atom. The molecule has 1 aliphatic rings. The highest BCUT2D eigenvalue weighted by molar-refractivity contribution is 7.89. The Kier molecular flexibility index (Phi) is 7.72.